The molecule has 0 aliphatic rings. The van der Waals surface area contributed by atoms with Gasteiger partial charge in [0.15, 0.2) is 0 Å². The zero-order valence-electron chi connectivity index (χ0n) is 9.60. The van der Waals surface area contributed by atoms with Crippen LogP contribution in [-0.2, 0) is 9.53 Å². The molecule has 0 spiro atoms. The second-order valence-electron chi connectivity index (χ2n) is 3.50. The molecule has 1 aromatic rings. The molecule has 0 saturated carbocycles. The van der Waals surface area contributed by atoms with Gasteiger partial charge in [0, 0.05) is 19.2 Å². The Kier molecular flexibility index (Phi) is 4.65. The number of methoxy groups -OCH3 is 1. The molecule has 1 atom stereocenters. The standard InChI is InChI=1S/C10H14N2O5/c1-6-4-12-17-9(6)10(15)11-5-7(16-2)3-8(13)14/h4,7H,3,5H2,1-2H3,(H,11,15)(H,13,14). The van der Waals surface area contributed by atoms with Crippen molar-refractivity contribution in [2.75, 3.05) is 13.7 Å². The number of aliphatic carboxylic acids is 1. The van der Waals surface area contributed by atoms with Crippen molar-refractivity contribution in [1.82, 2.24) is 10.5 Å². The van der Waals surface area contributed by atoms with E-state index in [2.05, 4.69) is 10.5 Å². The van der Waals surface area contributed by atoms with E-state index in [1.54, 1.807) is 6.92 Å². The number of nitrogens with one attached hydrogen (secondary N) is 1. The molecule has 0 aliphatic heterocycles. The number of aromatic nitrogens is 1. The van der Waals surface area contributed by atoms with Gasteiger partial charge in [0.2, 0.25) is 5.76 Å². The molecule has 2 N–H and O–H groups in total. The van der Waals surface area contributed by atoms with Crippen LogP contribution in [0.1, 0.15) is 22.5 Å². The fourth-order valence-corrected chi connectivity index (χ4v) is 1.23. The molecule has 94 valence electrons. The Morgan fingerprint density at radius 1 is 1.65 bits per heavy atom. The minimum absolute atomic E-state index is 0.0990. The first-order valence-corrected chi connectivity index (χ1v) is 4.98. The summed E-state index contributed by atoms with van der Waals surface area (Å²) in [6.45, 7) is 1.79. The zero-order valence-corrected chi connectivity index (χ0v) is 9.60. The summed E-state index contributed by atoms with van der Waals surface area (Å²) in [5.41, 5.74) is 0.620. The normalized spacial score (nSPS) is 12.1. The van der Waals surface area contributed by atoms with Gasteiger partial charge in [-0.05, 0) is 6.92 Å². The van der Waals surface area contributed by atoms with E-state index in [-0.39, 0.29) is 18.7 Å². The molecule has 0 fully saturated rings. The Morgan fingerprint density at radius 2 is 2.35 bits per heavy atom. The van der Waals surface area contributed by atoms with Crippen molar-refractivity contribution >= 4 is 11.9 Å². The third-order valence-electron chi connectivity index (χ3n) is 2.18. The molecule has 0 saturated heterocycles. The lowest BCUT2D eigenvalue weighted by Gasteiger charge is -2.13. The number of nitrogens with zero attached hydrogens (tertiary/aromatic N) is 1. The SMILES string of the molecule is COC(CNC(=O)c1oncc1C)CC(=O)O. The predicted octanol–water partition coefficient (Wildman–Crippen LogP) is 0.203. The highest BCUT2D eigenvalue weighted by atomic mass is 16.5. The van der Waals surface area contributed by atoms with Crippen LogP contribution < -0.4 is 5.32 Å². The molecular formula is C10H14N2O5. The van der Waals surface area contributed by atoms with Crippen LogP contribution in [0.2, 0.25) is 0 Å². The maximum atomic E-state index is 11.6. The van der Waals surface area contributed by atoms with Gasteiger partial charge in [0.05, 0.1) is 18.7 Å². The van der Waals surface area contributed by atoms with Gasteiger partial charge in [0.1, 0.15) is 0 Å². The Balaban J connectivity index is 2.47. The number of aryl methyl sites for hydroxylation is 1. The Labute approximate surface area is 97.7 Å². The first kappa shape index (κ1) is 13.2. The third-order valence-corrected chi connectivity index (χ3v) is 2.18. The van der Waals surface area contributed by atoms with Crippen molar-refractivity contribution in [3.8, 4) is 0 Å². The molecule has 1 aromatic heterocycles. The number of carboxylic acids is 1. The van der Waals surface area contributed by atoms with Gasteiger partial charge in [-0.3, -0.25) is 9.59 Å². The first-order valence-electron chi connectivity index (χ1n) is 4.98. The average Bonchev–Trinajstić information content (AvgIpc) is 2.69. The van der Waals surface area contributed by atoms with Gasteiger partial charge in [-0.25, -0.2) is 0 Å². The summed E-state index contributed by atoms with van der Waals surface area (Å²) in [4.78, 5) is 22.1. The molecule has 17 heavy (non-hydrogen) atoms. The molecule has 1 heterocycles. The summed E-state index contributed by atoms with van der Waals surface area (Å²) < 4.78 is 9.67. The highest BCUT2D eigenvalue weighted by Crippen LogP contribution is 2.05. The maximum Gasteiger partial charge on any atom is 0.306 e. The summed E-state index contributed by atoms with van der Waals surface area (Å²) in [6.07, 6.45) is 0.686. The summed E-state index contributed by atoms with van der Waals surface area (Å²) >= 11 is 0. The average molecular weight is 242 g/mol. The topological polar surface area (TPSA) is 102 Å². The molecule has 1 unspecified atom stereocenters. The second kappa shape index (κ2) is 6.00. The van der Waals surface area contributed by atoms with E-state index in [1.165, 1.54) is 13.3 Å². The summed E-state index contributed by atoms with van der Waals surface area (Å²) in [7, 11) is 1.39. The van der Waals surface area contributed by atoms with E-state index in [1.807, 2.05) is 0 Å². The smallest absolute Gasteiger partial charge is 0.306 e. The van der Waals surface area contributed by atoms with Crippen molar-refractivity contribution in [1.29, 1.82) is 0 Å². The van der Waals surface area contributed by atoms with Crippen LogP contribution >= 0.6 is 0 Å². The minimum atomic E-state index is -0.984. The van der Waals surface area contributed by atoms with Gasteiger partial charge in [-0.2, -0.15) is 0 Å². The second-order valence-corrected chi connectivity index (χ2v) is 3.50. The van der Waals surface area contributed by atoms with Gasteiger partial charge in [-0.15, -0.1) is 0 Å². The van der Waals surface area contributed by atoms with Crippen LogP contribution in [0, 0.1) is 6.92 Å². The fourth-order valence-electron chi connectivity index (χ4n) is 1.23. The monoisotopic (exact) mass is 242 g/mol. The van der Waals surface area contributed by atoms with Crippen LogP contribution in [0.25, 0.3) is 0 Å². The van der Waals surface area contributed by atoms with Crippen LogP contribution in [0.3, 0.4) is 0 Å². The van der Waals surface area contributed by atoms with Gasteiger partial charge >= 0.3 is 5.97 Å². The number of carbonyl (C=O) groups excluding carboxylic acids is 1. The molecule has 0 aromatic carbocycles. The molecule has 7 heteroatoms. The Hall–Kier alpha value is -1.89. The van der Waals surface area contributed by atoms with E-state index in [0.717, 1.165) is 0 Å². The van der Waals surface area contributed by atoms with E-state index in [9.17, 15) is 9.59 Å². The number of amides is 1. The van der Waals surface area contributed by atoms with Crippen LogP contribution in [-0.4, -0.2) is 41.9 Å². The summed E-state index contributed by atoms with van der Waals surface area (Å²) in [5.74, 6) is -1.30. The lowest BCUT2D eigenvalue weighted by atomic mass is 10.2. The van der Waals surface area contributed by atoms with Gasteiger partial charge < -0.3 is 19.7 Å². The summed E-state index contributed by atoms with van der Waals surface area (Å²) in [6, 6.07) is 0. The van der Waals surface area contributed by atoms with Crippen molar-refractivity contribution < 1.29 is 24.0 Å². The highest BCUT2D eigenvalue weighted by Gasteiger charge is 2.17. The minimum Gasteiger partial charge on any atom is -0.481 e. The largest absolute Gasteiger partial charge is 0.481 e. The number of carboxylic acid groups (broad SMARTS) is 1. The van der Waals surface area contributed by atoms with Gasteiger partial charge in [0.25, 0.3) is 5.91 Å². The Bertz CT molecular complexity index is 401. The number of hydrogen-bond donors (Lipinski definition) is 2. The molecular weight excluding hydrogens is 228 g/mol. The third kappa shape index (κ3) is 3.87. The van der Waals surface area contributed by atoms with E-state index in [4.69, 9.17) is 14.4 Å². The number of ether oxygens (including phenoxy) is 1. The van der Waals surface area contributed by atoms with Crippen molar-refractivity contribution in [3.63, 3.8) is 0 Å². The van der Waals surface area contributed by atoms with Crippen molar-refractivity contribution in [2.45, 2.75) is 19.4 Å². The van der Waals surface area contributed by atoms with Crippen molar-refractivity contribution in [2.24, 2.45) is 0 Å². The molecule has 1 amide bonds. The molecule has 0 aliphatic carbocycles. The quantitative estimate of drug-likeness (QED) is 0.739. The van der Waals surface area contributed by atoms with Gasteiger partial charge in [-0.1, -0.05) is 5.16 Å². The van der Waals surface area contributed by atoms with E-state index in [0.29, 0.717) is 5.56 Å². The number of rotatable bonds is 6. The van der Waals surface area contributed by atoms with E-state index < -0.39 is 18.0 Å². The number of carbonyl (C=O) groups is 2. The Morgan fingerprint density at radius 3 is 2.82 bits per heavy atom. The number of hydrogen-bond acceptors (Lipinski definition) is 5. The lowest BCUT2D eigenvalue weighted by Crippen LogP contribution is -2.34. The predicted molar refractivity (Wildman–Crippen MR) is 56.6 cm³/mol. The lowest BCUT2D eigenvalue weighted by molar-refractivity contribution is -0.139. The van der Waals surface area contributed by atoms with E-state index >= 15 is 0 Å². The van der Waals surface area contributed by atoms with Crippen LogP contribution in [0.5, 0.6) is 0 Å². The van der Waals surface area contributed by atoms with Crippen LogP contribution in [0.4, 0.5) is 0 Å². The maximum absolute atomic E-state index is 11.6. The first-order chi connectivity index (χ1) is 8.04. The highest BCUT2D eigenvalue weighted by molar-refractivity contribution is 5.92. The van der Waals surface area contributed by atoms with Crippen molar-refractivity contribution in [3.05, 3.63) is 17.5 Å². The molecule has 1 rings (SSSR count). The summed E-state index contributed by atoms with van der Waals surface area (Å²) in [5, 5.41) is 14.6. The molecule has 0 bridgehead atoms. The van der Waals surface area contributed by atoms with Crippen LogP contribution in [0.15, 0.2) is 10.7 Å². The molecule has 7 nitrogen and oxygen atoms in total. The molecule has 0 radical (unpaired) electrons. The zero-order chi connectivity index (χ0) is 12.8. The fraction of sp³-hybridized carbons (Fsp3) is 0.500.